The maximum absolute atomic E-state index is 12.3. The molecule has 1 aromatic rings. The Balaban J connectivity index is 1.84. The van der Waals surface area contributed by atoms with Gasteiger partial charge in [0.05, 0.1) is 6.26 Å². The number of hydrogen-bond donors (Lipinski definition) is 1. The van der Waals surface area contributed by atoms with Gasteiger partial charge in [0, 0.05) is 32.2 Å². The van der Waals surface area contributed by atoms with Crippen molar-refractivity contribution in [2.24, 2.45) is 0 Å². The predicted molar refractivity (Wildman–Crippen MR) is 88.6 cm³/mol. The van der Waals surface area contributed by atoms with Gasteiger partial charge in [-0.05, 0) is 42.2 Å². The fraction of sp³-hybridized carbons (Fsp3) is 0.643. The highest BCUT2D eigenvalue weighted by Crippen LogP contribution is 2.10. The lowest BCUT2D eigenvalue weighted by Gasteiger charge is -2.24. The fourth-order valence-electron chi connectivity index (χ4n) is 2.54. The lowest BCUT2D eigenvalue weighted by Crippen LogP contribution is -2.46. The molecule has 1 N–H and O–H groups in total. The molecule has 0 saturated carbocycles. The largest absolute Gasteiger partial charge is 0.335 e. The quantitative estimate of drug-likeness (QED) is 0.896. The number of urea groups is 1. The molecule has 1 atom stereocenters. The molecule has 1 aromatic heterocycles. The smallest absolute Gasteiger partial charge is 0.317 e. The highest BCUT2D eigenvalue weighted by molar-refractivity contribution is 7.88. The molecule has 1 aliphatic rings. The van der Waals surface area contributed by atoms with Crippen LogP contribution in [0.15, 0.2) is 16.8 Å². The molecule has 0 radical (unpaired) electrons. The molecule has 1 saturated heterocycles. The Morgan fingerprint density at radius 3 is 2.77 bits per heavy atom. The summed E-state index contributed by atoms with van der Waals surface area (Å²) in [5.41, 5.74) is 1.22. The van der Waals surface area contributed by atoms with E-state index in [1.54, 1.807) is 16.2 Å². The number of sulfonamides is 1. The third kappa shape index (κ3) is 4.96. The Morgan fingerprint density at radius 1 is 1.36 bits per heavy atom. The molecule has 0 aliphatic carbocycles. The predicted octanol–water partition coefficient (Wildman–Crippen LogP) is 1.36. The van der Waals surface area contributed by atoms with Crippen LogP contribution >= 0.6 is 11.3 Å². The zero-order chi connectivity index (χ0) is 16.2. The van der Waals surface area contributed by atoms with E-state index >= 15 is 0 Å². The molecule has 8 heteroatoms. The third-order valence-electron chi connectivity index (χ3n) is 3.70. The summed E-state index contributed by atoms with van der Waals surface area (Å²) < 4.78 is 24.6. The van der Waals surface area contributed by atoms with Gasteiger partial charge in [-0.15, -0.1) is 0 Å². The first kappa shape index (κ1) is 17.2. The van der Waals surface area contributed by atoms with Crippen LogP contribution in [0.4, 0.5) is 4.79 Å². The van der Waals surface area contributed by atoms with E-state index in [0.29, 0.717) is 32.6 Å². The van der Waals surface area contributed by atoms with E-state index in [2.05, 4.69) is 16.8 Å². The van der Waals surface area contributed by atoms with Crippen LogP contribution < -0.4 is 5.32 Å². The van der Waals surface area contributed by atoms with Crippen molar-refractivity contribution in [2.45, 2.75) is 25.8 Å². The topological polar surface area (TPSA) is 69.7 Å². The number of thiophene rings is 1. The number of amides is 2. The molecule has 1 fully saturated rings. The Bertz CT molecular complexity index is 586. The monoisotopic (exact) mass is 345 g/mol. The maximum Gasteiger partial charge on any atom is 0.317 e. The van der Waals surface area contributed by atoms with E-state index in [9.17, 15) is 13.2 Å². The van der Waals surface area contributed by atoms with Crippen molar-refractivity contribution in [2.75, 3.05) is 32.4 Å². The van der Waals surface area contributed by atoms with Gasteiger partial charge in [-0.25, -0.2) is 17.5 Å². The standard InChI is InChI=1S/C14H23N3O3S2/c1-12(10-13-4-9-21-11-13)15-14(18)16-5-3-6-17(8-7-16)22(2,19)20/h4,9,11-12H,3,5-8,10H2,1-2H3,(H,15,18)/t12-/m0/s1. The van der Waals surface area contributed by atoms with Crippen LogP contribution in [0.1, 0.15) is 18.9 Å². The Morgan fingerprint density at radius 2 is 2.14 bits per heavy atom. The molecule has 0 bridgehead atoms. The molecule has 0 spiro atoms. The molecule has 6 nitrogen and oxygen atoms in total. The van der Waals surface area contributed by atoms with Crippen molar-refractivity contribution in [3.63, 3.8) is 0 Å². The minimum Gasteiger partial charge on any atom is -0.335 e. The zero-order valence-corrected chi connectivity index (χ0v) is 14.6. The first-order valence-electron chi connectivity index (χ1n) is 7.38. The summed E-state index contributed by atoms with van der Waals surface area (Å²) in [7, 11) is -3.18. The van der Waals surface area contributed by atoms with Gasteiger partial charge in [-0.3, -0.25) is 0 Å². The molecule has 124 valence electrons. The van der Waals surface area contributed by atoms with Gasteiger partial charge >= 0.3 is 6.03 Å². The van der Waals surface area contributed by atoms with Gasteiger partial charge in [0.1, 0.15) is 0 Å². The van der Waals surface area contributed by atoms with E-state index in [0.717, 1.165) is 6.42 Å². The van der Waals surface area contributed by atoms with Crippen LogP contribution in [0, 0.1) is 0 Å². The van der Waals surface area contributed by atoms with Gasteiger partial charge in [0.15, 0.2) is 0 Å². The van der Waals surface area contributed by atoms with Gasteiger partial charge in [0.2, 0.25) is 10.0 Å². The Hall–Kier alpha value is -1.12. The van der Waals surface area contributed by atoms with Crippen LogP contribution in [-0.4, -0.2) is 62.1 Å². The van der Waals surface area contributed by atoms with Crippen molar-refractivity contribution < 1.29 is 13.2 Å². The van der Waals surface area contributed by atoms with E-state index < -0.39 is 10.0 Å². The van der Waals surface area contributed by atoms with Gasteiger partial charge in [-0.2, -0.15) is 11.3 Å². The van der Waals surface area contributed by atoms with Crippen molar-refractivity contribution in [3.05, 3.63) is 22.4 Å². The molecular formula is C14H23N3O3S2. The van der Waals surface area contributed by atoms with Crippen molar-refractivity contribution in [3.8, 4) is 0 Å². The summed E-state index contributed by atoms with van der Waals surface area (Å²) in [6, 6.07) is 2.00. The minimum absolute atomic E-state index is 0.0522. The molecule has 0 aromatic carbocycles. The molecule has 2 amide bonds. The maximum atomic E-state index is 12.3. The lowest BCUT2D eigenvalue weighted by molar-refractivity contribution is 0.197. The second-order valence-corrected chi connectivity index (χ2v) is 8.45. The number of nitrogens with zero attached hydrogens (tertiary/aromatic N) is 2. The van der Waals surface area contributed by atoms with E-state index in [4.69, 9.17) is 0 Å². The first-order chi connectivity index (χ1) is 10.4. The van der Waals surface area contributed by atoms with E-state index in [1.165, 1.54) is 16.1 Å². The van der Waals surface area contributed by atoms with E-state index in [1.807, 2.05) is 12.3 Å². The molecule has 2 heterocycles. The zero-order valence-electron chi connectivity index (χ0n) is 13.0. The van der Waals surface area contributed by atoms with Gasteiger partial charge in [-0.1, -0.05) is 0 Å². The second-order valence-electron chi connectivity index (χ2n) is 5.69. The average Bonchev–Trinajstić information content (AvgIpc) is 2.77. The lowest BCUT2D eigenvalue weighted by atomic mass is 10.1. The normalized spacial score (nSPS) is 18.7. The van der Waals surface area contributed by atoms with Gasteiger partial charge in [0.25, 0.3) is 0 Å². The Labute approximate surface area is 136 Å². The summed E-state index contributed by atoms with van der Waals surface area (Å²) in [6.45, 7) is 3.85. The highest BCUT2D eigenvalue weighted by atomic mass is 32.2. The van der Waals surface area contributed by atoms with Crippen LogP contribution in [0.25, 0.3) is 0 Å². The summed E-state index contributed by atoms with van der Waals surface area (Å²) >= 11 is 1.65. The minimum atomic E-state index is -3.18. The van der Waals surface area contributed by atoms with Crippen LogP contribution in [-0.2, 0) is 16.4 Å². The average molecular weight is 345 g/mol. The molecular weight excluding hydrogens is 322 g/mol. The number of carbonyl (C=O) groups is 1. The Kier molecular flexibility index (Phi) is 5.82. The highest BCUT2D eigenvalue weighted by Gasteiger charge is 2.24. The molecule has 1 aliphatic heterocycles. The SMILES string of the molecule is C[C@@H](Cc1ccsc1)NC(=O)N1CCCN(S(C)(=O)=O)CC1. The number of nitrogens with one attached hydrogen (secondary N) is 1. The first-order valence-corrected chi connectivity index (χ1v) is 10.2. The van der Waals surface area contributed by atoms with Crippen LogP contribution in [0.5, 0.6) is 0 Å². The van der Waals surface area contributed by atoms with E-state index in [-0.39, 0.29) is 12.1 Å². The summed E-state index contributed by atoms with van der Waals surface area (Å²) in [6.07, 6.45) is 2.68. The second kappa shape index (κ2) is 7.43. The van der Waals surface area contributed by atoms with Crippen molar-refractivity contribution in [1.82, 2.24) is 14.5 Å². The van der Waals surface area contributed by atoms with Crippen LogP contribution in [0.3, 0.4) is 0 Å². The molecule has 2 rings (SSSR count). The van der Waals surface area contributed by atoms with Crippen molar-refractivity contribution in [1.29, 1.82) is 0 Å². The molecule has 22 heavy (non-hydrogen) atoms. The van der Waals surface area contributed by atoms with Crippen molar-refractivity contribution >= 4 is 27.4 Å². The number of carbonyl (C=O) groups excluding carboxylic acids is 1. The molecule has 0 unspecified atom stereocenters. The number of hydrogen-bond acceptors (Lipinski definition) is 4. The summed E-state index contributed by atoms with van der Waals surface area (Å²) in [4.78, 5) is 14.0. The number of rotatable bonds is 4. The summed E-state index contributed by atoms with van der Waals surface area (Å²) in [5.74, 6) is 0. The fourth-order valence-corrected chi connectivity index (χ4v) is 4.10. The van der Waals surface area contributed by atoms with Crippen LogP contribution in [0.2, 0.25) is 0 Å². The third-order valence-corrected chi connectivity index (χ3v) is 5.74. The van der Waals surface area contributed by atoms with Gasteiger partial charge < -0.3 is 10.2 Å². The summed E-state index contributed by atoms with van der Waals surface area (Å²) in [5, 5.41) is 7.10.